The normalized spacial score (nSPS) is 13.2. The van der Waals surface area contributed by atoms with E-state index in [2.05, 4.69) is 141 Å². The van der Waals surface area contributed by atoms with Gasteiger partial charge in [0, 0.05) is 43.7 Å². The van der Waals surface area contributed by atoms with Crippen molar-refractivity contribution in [2.24, 2.45) is 0 Å². The van der Waals surface area contributed by atoms with Crippen LogP contribution in [0, 0.1) is 0 Å². The average molecular weight is 731 g/mol. The predicted molar refractivity (Wildman–Crippen MR) is 233 cm³/mol. The Bertz CT molecular complexity index is 3430. The van der Waals surface area contributed by atoms with Gasteiger partial charge in [-0.1, -0.05) is 129 Å². The number of rotatable bonds is 4. The second kappa shape index (κ2) is 11.8. The Labute approximate surface area is 328 Å². The molecule has 1 aliphatic carbocycles. The topological polar surface area (TPSA) is 52.1 Å². The summed E-state index contributed by atoms with van der Waals surface area (Å²) in [5.41, 5.74) is 15.8. The molecule has 0 saturated heterocycles. The van der Waals surface area contributed by atoms with Crippen molar-refractivity contribution in [3.05, 3.63) is 181 Å². The molecular formula is C53H34N2O2. The second-order valence-corrected chi connectivity index (χ2v) is 15.8. The van der Waals surface area contributed by atoms with Gasteiger partial charge in [-0.3, -0.25) is 0 Å². The maximum absolute atomic E-state index is 6.41. The first kappa shape index (κ1) is 32.0. The van der Waals surface area contributed by atoms with E-state index in [0.29, 0.717) is 5.82 Å². The zero-order chi connectivity index (χ0) is 37.8. The molecule has 0 aliphatic heterocycles. The standard InChI is InChI=1S/C53H34N2O2/c1-53(2)43-17-10-16-37(51(43)42-25-34-13-6-7-14-35(34)27-44(42)53)31-19-21-32(22-20-31)45-30-46(55-52(54-45)33-11-4-3-5-12-33)36-23-24-48-39(26-36)41-29-49-40(28-50(41)57-48)38-15-8-9-18-47(38)56-49/h3-30H,1-2H3. The van der Waals surface area contributed by atoms with Crippen LogP contribution in [0.4, 0.5) is 0 Å². The lowest BCUT2D eigenvalue weighted by atomic mass is 9.81. The molecule has 11 aromatic rings. The summed E-state index contributed by atoms with van der Waals surface area (Å²) >= 11 is 0. The Balaban J connectivity index is 0.974. The molecule has 0 unspecified atom stereocenters. The minimum Gasteiger partial charge on any atom is -0.456 e. The molecule has 0 fully saturated rings. The number of para-hydroxylation sites is 1. The Morgan fingerprint density at radius 3 is 1.79 bits per heavy atom. The maximum atomic E-state index is 6.41. The highest BCUT2D eigenvalue weighted by Crippen LogP contribution is 2.53. The first-order valence-corrected chi connectivity index (χ1v) is 19.5. The highest BCUT2D eigenvalue weighted by atomic mass is 16.3. The number of furan rings is 2. The minimum atomic E-state index is -0.0960. The number of hydrogen-bond donors (Lipinski definition) is 0. The van der Waals surface area contributed by atoms with Crippen molar-refractivity contribution in [2.75, 3.05) is 0 Å². The SMILES string of the molecule is CC1(C)c2cc3ccccc3cc2-c2c(-c3ccc(-c4cc(-c5ccc6oc7cc8c(cc7c6c5)oc5ccccc58)nc(-c5ccccc5)n4)cc3)cccc21. The third-order valence-electron chi connectivity index (χ3n) is 12.1. The largest absolute Gasteiger partial charge is 0.456 e. The minimum absolute atomic E-state index is 0.0960. The number of hydrogen-bond acceptors (Lipinski definition) is 4. The fourth-order valence-corrected chi connectivity index (χ4v) is 9.15. The van der Waals surface area contributed by atoms with Gasteiger partial charge in [-0.2, -0.15) is 0 Å². The van der Waals surface area contributed by atoms with Crippen molar-refractivity contribution >= 4 is 54.6 Å². The zero-order valence-electron chi connectivity index (χ0n) is 31.4. The third-order valence-corrected chi connectivity index (χ3v) is 12.1. The molecule has 3 heterocycles. The third kappa shape index (κ3) is 4.87. The molecule has 3 aromatic heterocycles. The summed E-state index contributed by atoms with van der Waals surface area (Å²) in [5, 5.41) is 6.71. The van der Waals surface area contributed by atoms with Crippen molar-refractivity contribution in [1.29, 1.82) is 0 Å². The van der Waals surface area contributed by atoms with Crippen LogP contribution in [-0.2, 0) is 5.41 Å². The van der Waals surface area contributed by atoms with Crippen LogP contribution < -0.4 is 0 Å². The van der Waals surface area contributed by atoms with Crippen molar-refractivity contribution in [3.8, 4) is 56.2 Å². The van der Waals surface area contributed by atoms with Crippen LogP contribution in [0.25, 0.3) is 111 Å². The quantitative estimate of drug-likeness (QED) is 0.181. The van der Waals surface area contributed by atoms with E-state index in [1.165, 1.54) is 44.2 Å². The van der Waals surface area contributed by atoms with E-state index in [4.69, 9.17) is 18.8 Å². The molecule has 0 bridgehead atoms. The van der Waals surface area contributed by atoms with E-state index in [0.717, 1.165) is 72.0 Å². The van der Waals surface area contributed by atoms with Gasteiger partial charge >= 0.3 is 0 Å². The first-order valence-electron chi connectivity index (χ1n) is 19.5. The zero-order valence-corrected chi connectivity index (χ0v) is 31.4. The van der Waals surface area contributed by atoms with Crippen molar-refractivity contribution in [3.63, 3.8) is 0 Å². The predicted octanol–water partition coefficient (Wildman–Crippen LogP) is 14.4. The molecule has 4 nitrogen and oxygen atoms in total. The molecule has 1 aliphatic rings. The number of aromatic nitrogens is 2. The Hall–Kier alpha value is -7.30. The Kier molecular flexibility index (Phi) is 6.65. The summed E-state index contributed by atoms with van der Waals surface area (Å²) < 4.78 is 12.7. The van der Waals surface area contributed by atoms with Crippen molar-refractivity contribution < 1.29 is 8.83 Å². The van der Waals surface area contributed by atoms with E-state index >= 15 is 0 Å². The lowest BCUT2D eigenvalue weighted by Gasteiger charge is -2.22. The smallest absolute Gasteiger partial charge is 0.160 e. The summed E-state index contributed by atoms with van der Waals surface area (Å²) in [4.78, 5) is 10.3. The lowest BCUT2D eigenvalue weighted by molar-refractivity contribution is 0.661. The van der Waals surface area contributed by atoms with E-state index < -0.39 is 0 Å². The second-order valence-electron chi connectivity index (χ2n) is 15.8. The molecule has 0 spiro atoms. The average Bonchev–Trinajstić information content (AvgIpc) is 3.88. The maximum Gasteiger partial charge on any atom is 0.160 e. The van der Waals surface area contributed by atoms with E-state index in [1.807, 2.05) is 42.5 Å². The molecule has 268 valence electrons. The van der Waals surface area contributed by atoms with Crippen LogP contribution in [0.1, 0.15) is 25.0 Å². The number of fused-ring (bicyclic) bond motifs is 10. The molecule has 0 atom stereocenters. The van der Waals surface area contributed by atoms with Crippen LogP contribution in [0.15, 0.2) is 179 Å². The molecule has 57 heavy (non-hydrogen) atoms. The molecule has 0 saturated carbocycles. The van der Waals surface area contributed by atoms with Crippen molar-refractivity contribution in [2.45, 2.75) is 19.3 Å². The summed E-state index contributed by atoms with van der Waals surface area (Å²) in [5.74, 6) is 0.681. The van der Waals surface area contributed by atoms with Gasteiger partial charge in [-0.25, -0.2) is 9.97 Å². The van der Waals surface area contributed by atoms with Crippen LogP contribution >= 0.6 is 0 Å². The molecule has 0 amide bonds. The summed E-state index contributed by atoms with van der Waals surface area (Å²) in [6.45, 7) is 4.70. The Morgan fingerprint density at radius 2 is 1.00 bits per heavy atom. The summed E-state index contributed by atoms with van der Waals surface area (Å²) in [7, 11) is 0. The fourth-order valence-electron chi connectivity index (χ4n) is 9.15. The highest BCUT2D eigenvalue weighted by molar-refractivity contribution is 6.15. The molecule has 12 rings (SSSR count). The van der Waals surface area contributed by atoms with Gasteiger partial charge < -0.3 is 8.83 Å². The van der Waals surface area contributed by atoms with Crippen LogP contribution in [0.5, 0.6) is 0 Å². The van der Waals surface area contributed by atoms with E-state index in [-0.39, 0.29) is 5.41 Å². The van der Waals surface area contributed by atoms with Gasteiger partial charge in [0.25, 0.3) is 0 Å². The number of nitrogens with zero attached hydrogens (tertiary/aromatic N) is 2. The van der Waals surface area contributed by atoms with E-state index in [1.54, 1.807) is 0 Å². The van der Waals surface area contributed by atoms with Crippen LogP contribution in [0.3, 0.4) is 0 Å². The van der Waals surface area contributed by atoms with Gasteiger partial charge in [-0.05, 0) is 98.8 Å². The Morgan fingerprint density at radius 1 is 0.386 bits per heavy atom. The summed E-state index contributed by atoms with van der Waals surface area (Å²) in [6.07, 6.45) is 0. The van der Waals surface area contributed by atoms with Gasteiger partial charge in [0.1, 0.15) is 22.3 Å². The fraction of sp³-hybridized carbons (Fsp3) is 0.0566. The van der Waals surface area contributed by atoms with Gasteiger partial charge in [0.15, 0.2) is 5.82 Å². The van der Waals surface area contributed by atoms with Crippen molar-refractivity contribution in [1.82, 2.24) is 9.97 Å². The van der Waals surface area contributed by atoms with Gasteiger partial charge in [0.2, 0.25) is 0 Å². The van der Waals surface area contributed by atoms with Crippen LogP contribution in [0.2, 0.25) is 0 Å². The monoisotopic (exact) mass is 730 g/mol. The number of benzene rings is 8. The lowest BCUT2D eigenvalue weighted by Crippen LogP contribution is -2.14. The van der Waals surface area contributed by atoms with Gasteiger partial charge in [-0.15, -0.1) is 0 Å². The summed E-state index contributed by atoms with van der Waals surface area (Å²) in [6, 6.07) is 60.1. The molecule has 0 N–H and O–H groups in total. The van der Waals surface area contributed by atoms with Crippen LogP contribution in [-0.4, -0.2) is 9.97 Å². The molecular weight excluding hydrogens is 697 g/mol. The van der Waals surface area contributed by atoms with E-state index in [9.17, 15) is 0 Å². The molecule has 4 heteroatoms. The molecule has 0 radical (unpaired) electrons. The highest BCUT2D eigenvalue weighted by Gasteiger charge is 2.37. The molecule has 8 aromatic carbocycles. The van der Waals surface area contributed by atoms with Gasteiger partial charge in [0.05, 0.1) is 11.4 Å². The first-order chi connectivity index (χ1) is 28.0.